The number of alkyl carbamates (subject to hydrolysis) is 1. The minimum Gasteiger partial charge on any atom is -0.453 e. The van der Waals surface area contributed by atoms with Crippen LogP contribution < -0.4 is 10.6 Å². The first-order valence-electron chi connectivity index (χ1n) is 13.7. The van der Waals surface area contributed by atoms with E-state index < -0.39 is 35.4 Å². The maximum atomic E-state index is 14.2. The van der Waals surface area contributed by atoms with Gasteiger partial charge in [0.05, 0.1) is 7.11 Å². The summed E-state index contributed by atoms with van der Waals surface area (Å²) in [6.45, 7) is 7.50. The molecule has 0 spiro atoms. The molecule has 0 aliphatic carbocycles. The molecule has 41 heavy (non-hydrogen) atoms. The van der Waals surface area contributed by atoms with Crippen molar-refractivity contribution in [3.63, 3.8) is 0 Å². The third-order valence-electron chi connectivity index (χ3n) is 7.27. The topological polar surface area (TPSA) is 108 Å². The van der Waals surface area contributed by atoms with Gasteiger partial charge >= 0.3 is 6.09 Å². The molecule has 3 atom stereocenters. The maximum absolute atomic E-state index is 14.2. The Morgan fingerprint density at radius 1 is 1.07 bits per heavy atom. The van der Waals surface area contributed by atoms with Gasteiger partial charge < -0.3 is 25.2 Å². The summed E-state index contributed by atoms with van der Waals surface area (Å²) in [6.07, 6.45) is 0.214. The Bertz CT molecular complexity index is 1240. The number of rotatable bonds is 10. The molecule has 9 nitrogen and oxygen atoms in total. The summed E-state index contributed by atoms with van der Waals surface area (Å²) >= 11 is 6.12. The molecule has 0 bridgehead atoms. The van der Waals surface area contributed by atoms with Crippen molar-refractivity contribution in [2.75, 3.05) is 20.2 Å². The summed E-state index contributed by atoms with van der Waals surface area (Å²) in [6, 6.07) is 10.3. The first-order valence-corrected chi connectivity index (χ1v) is 14.1. The van der Waals surface area contributed by atoms with Crippen molar-refractivity contribution in [3.05, 3.63) is 70.5 Å². The molecule has 4 amide bonds. The number of hydrogen-bond acceptors (Lipinski definition) is 5. The highest BCUT2D eigenvalue weighted by Gasteiger charge is 2.50. The second-order valence-electron chi connectivity index (χ2n) is 10.6. The van der Waals surface area contributed by atoms with Crippen LogP contribution in [-0.2, 0) is 31.1 Å². The Labute approximate surface area is 245 Å². The van der Waals surface area contributed by atoms with E-state index in [-0.39, 0.29) is 37.4 Å². The van der Waals surface area contributed by atoms with Gasteiger partial charge in [0.1, 0.15) is 23.4 Å². The molecule has 1 aliphatic heterocycles. The fraction of sp³-hybridized carbons (Fsp3) is 0.467. The third kappa shape index (κ3) is 7.35. The number of methoxy groups -OCH3 is 1. The van der Waals surface area contributed by atoms with Crippen molar-refractivity contribution in [2.24, 2.45) is 0 Å². The molecule has 1 aliphatic rings. The van der Waals surface area contributed by atoms with Gasteiger partial charge in [-0.05, 0) is 62.6 Å². The summed E-state index contributed by atoms with van der Waals surface area (Å²) in [5.41, 5.74) is -0.158. The lowest BCUT2D eigenvalue weighted by molar-refractivity contribution is -0.162. The van der Waals surface area contributed by atoms with Crippen LogP contribution in [0.25, 0.3) is 0 Å². The fourth-order valence-corrected chi connectivity index (χ4v) is 5.22. The van der Waals surface area contributed by atoms with Gasteiger partial charge in [-0.2, -0.15) is 0 Å². The molecule has 11 heteroatoms. The van der Waals surface area contributed by atoms with Crippen LogP contribution in [0, 0.1) is 5.82 Å². The zero-order chi connectivity index (χ0) is 30.3. The Balaban J connectivity index is 1.97. The van der Waals surface area contributed by atoms with Crippen LogP contribution in [0.4, 0.5) is 9.18 Å². The van der Waals surface area contributed by atoms with Gasteiger partial charge in [0.2, 0.25) is 11.8 Å². The highest BCUT2D eigenvalue weighted by atomic mass is 35.5. The zero-order valence-corrected chi connectivity index (χ0v) is 24.8. The van der Waals surface area contributed by atoms with E-state index in [0.29, 0.717) is 29.0 Å². The molecular formula is C30H38ClFN4O5. The van der Waals surface area contributed by atoms with E-state index in [1.54, 1.807) is 31.2 Å². The number of hydrogen-bond donors (Lipinski definition) is 2. The smallest absolute Gasteiger partial charge is 0.407 e. The fourth-order valence-electron chi connectivity index (χ4n) is 5.09. The van der Waals surface area contributed by atoms with E-state index in [4.69, 9.17) is 16.3 Å². The summed E-state index contributed by atoms with van der Waals surface area (Å²) in [4.78, 5) is 56.9. The van der Waals surface area contributed by atoms with Gasteiger partial charge in [-0.15, -0.1) is 0 Å². The maximum Gasteiger partial charge on any atom is 0.407 e. The molecule has 2 N–H and O–H groups in total. The number of piperazine rings is 1. The van der Waals surface area contributed by atoms with Crippen LogP contribution in [-0.4, -0.2) is 71.9 Å². The number of nitrogens with zero attached hydrogens (tertiary/aromatic N) is 2. The highest BCUT2D eigenvalue weighted by Crippen LogP contribution is 2.34. The molecule has 1 heterocycles. The SMILES string of the molecule is CCC[C@H]1C(=O)N(C(C)(C(=O)NC(C)C)c2ccc(Cl)cc2)CCN1C(=O)C(Cc1ccc(F)cc1)NC(=O)OC. The van der Waals surface area contributed by atoms with Crippen LogP contribution in [0.3, 0.4) is 0 Å². The molecule has 2 aromatic rings. The largest absolute Gasteiger partial charge is 0.453 e. The van der Waals surface area contributed by atoms with Gasteiger partial charge in [0, 0.05) is 30.6 Å². The molecule has 1 saturated heterocycles. The molecular weight excluding hydrogens is 551 g/mol. The Hall–Kier alpha value is -3.66. The molecule has 0 saturated carbocycles. The van der Waals surface area contributed by atoms with E-state index in [1.807, 2.05) is 20.8 Å². The summed E-state index contributed by atoms with van der Waals surface area (Å²) in [5, 5.41) is 6.00. The summed E-state index contributed by atoms with van der Waals surface area (Å²) in [7, 11) is 1.19. The van der Waals surface area contributed by atoms with Crippen LogP contribution in [0.15, 0.2) is 48.5 Å². The zero-order valence-electron chi connectivity index (χ0n) is 24.1. The monoisotopic (exact) mass is 588 g/mol. The first kappa shape index (κ1) is 31.9. The van der Waals surface area contributed by atoms with Gasteiger partial charge in [0.15, 0.2) is 0 Å². The van der Waals surface area contributed by atoms with E-state index in [1.165, 1.54) is 41.2 Å². The Morgan fingerprint density at radius 3 is 2.27 bits per heavy atom. The number of carbonyl (C=O) groups excluding carboxylic acids is 4. The summed E-state index contributed by atoms with van der Waals surface area (Å²) < 4.78 is 18.2. The number of amides is 4. The second kappa shape index (κ2) is 13.8. The van der Waals surface area contributed by atoms with Crippen molar-refractivity contribution in [2.45, 2.75) is 70.6 Å². The molecule has 0 radical (unpaired) electrons. The lowest BCUT2D eigenvalue weighted by atomic mass is 9.86. The average molecular weight is 589 g/mol. The predicted octanol–water partition coefficient (Wildman–Crippen LogP) is 4.03. The molecule has 1 fully saturated rings. The van der Waals surface area contributed by atoms with E-state index in [9.17, 15) is 23.6 Å². The Morgan fingerprint density at radius 2 is 1.71 bits per heavy atom. The number of carbonyl (C=O) groups is 4. The molecule has 2 aromatic carbocycles. The van der Waals surface area contributed by atoms with Crippen molar-refractivity contribution in [1.82, 2.24) is 20.4 Å². The minimum atomic E-state index is -1.37. The number of benzene rings is 2. The summed E-state index contributed by atoms with van der Waals surface area (Å²) in [5.74, 6) is -1.61. The van der Waals surface area contributed by atoms with Crippen LogP contribution in [0.5, 0.6) is 0 Å². The van der Waals surface area contributed by atoms with Crippen molar-refractivity contribution in [3.8, 4) is 0 Å². The lowest BCUT2D eigenvalue weighted by Crippen LogP contribution is -2.68. The highest BCUT2D eigenvalue weighted by molar-refractivity contribution is 6.30. The van der Waals surface area contributed by atoms with Crippen LogP contribution in [0.2, 0.25) is 5.02 Å². The normalized spacial score (nSPS) is 17.6. The first-order chi connectivity index (χ1) is 19.4. The predicted molar refractivity (Wildman–Crippen MR) is 154 cm³/mol. The van der Waals surface area contributed by atoms with E-state index in [0.717, 1.165) is 0 Å². The van der Waals surface area contributed by atoms with Crippen LogP contribution in [0.1, 0.15) is 51.7 Å². The third-order valence-corrected chi connectivity index (χ3v) is 7.53. The molecule has 2 unspecified atom stereocenters. The van der Waals surface area contributed by atoms with Crippen LogP contribution >= 0.6 is 11.6 Å². The number of nitrogens with one attached hydrogen (secondary N) is 2. The van der Waals surface area contributed by atoms with Gasteiger partial charge in [-0.1, -0.05) is 49.2 Å². The minimum absolute atomic E-state index is 0.0702. The number of ether oxygens (including phenoxy) is 1. The van der Waals surface area contributed by atoms with Gasteiger partial charge in [0.25, 0.3) is 5.91 Å². The standard InChI is InChI=1S/C30H38ClFN4O5/c1-6-7-25-27(38)36(30(4,28(39)33-19(2)3)21-10-12-22(31)13-11-21)17-16-35(25)26(37)24(34-29(40)41-5)18-20-8-14-23(32)15-9-20/h8-15,19,24-25H,6-7,16-18H2,1-5H3,(H,33,39)(H,34,40)/t24?,25-,30?/m0/s1. The molecule has 0 aromatic heterocycles. The van der Waals surface area contributed by atoms with E-state index >= 15 is 0 Å². The van der Waals surface area contributed by atoms with Gasteiger partial charge in [-0.25, -0.2) is 9.18 Å². The average Bonchev–Trinajstić information content (AvgIpc) is 2.94. The lowest BCUT2D eigenvalue weighted by Gasteiger charge is -2.48. The van der Waals surface area contributed by atoms with Crippen molar-refractivity contribution in [1.29, 1.82) is 0 Å². The molecule has 3 rings (SSSR count). The van der Waals surface area contributed by atoms with E-state index in [2.05, 4.69) is 10.6 Å². The van der Waals surface area contributed by atoms with Crippen molar-refractivity contribution >= 4 is 35.4 Å². The Kier molecular flexibility index (Phi) is 10.7. The second-order valence-corrected chi connectivity index (χ2v) is 11.0. The van der Waals surface area contributed by atoms with Crippen molar-refractivity contribution < 1.29 is 28.3 Å². The number of halogens is 2. The van der Waals surface area contributed by atoms with Gasteiger partial charge in [-0.3, -0.25) is 14.4 Å². The quantitative estimate of drug-likeness (QED) is 0.436. The molecule has 222 valence electrons.